The van der Waals surface area contributed by atoms with Gasteiger partial charge in [0.05, 0.1) is 11.7 Å². The maximum Gasteiger partial charge on any atom is 0.113 e. The van der Waals surface area contributed by atoms with E-state index in [4.69, 9.17) is 8.75 Å². The summed E-state index contributed by atoms with van der Waals surface area (Å²) in [6, 6.07) is 81.6. The van der Waals surface area contributed by atoms with Gasteiger partial charge >= 0.3 is 0 Å². The molecule has 3 nitrogen and oxygen atoms in total. The first-order chi connectivity index (χ1) is 55.2. The molecule has 10 aromatic carbocycles. The van der Waals surface area contributed by atoms with Crippen molar-refractivity contribution in [2.75, 3.05) is 4.90 Å². The van der Waals surface area contributed by atoms with Crippen LogP contribution >= 0.6 is 11.7 Å². The molecule has 0 bridgehead atoms. The molecular formula is C108H131N3S. The number of hydrogen-bond acceptors (Lipinski definition) is 4. The quantitative estimate of drug-likeness (QED) is 0.0356. The average molecular weight is 1500 g/mol. The summed E-state index contributed by atoms with van der Waals surface area (Å²) in [5.41, 5.74) is 35.0. The third-order valence-electron chi connectivity index (χ3n) is 26.8. The van der Waals surface area contributed by atoms with E-state index in [1.807, 2.05) is 0 Å². The normalized spacial score (nSPS) is 13.8. The van der Waals surface area contributed by atoms with Crippen LogP contribution in [-0.4, -0.2) is 8.75 Å². The zero-order valence-corrected chi connectivity index (χ0v) is 70.6. The Kier molecular flexibility index (Phi) is 27.8. The van der Waals surface area contributed by atoms with Crippen LogP contribution in [0.3, 0.4) is 0 Å². The van der Waals surface area contributed by atoms with Crippen molar-refractivity contribution in [1.29, 1.82) is 0 Å². The Balaban J connectivity index is 0.843. The number of anilines is 3. The van der Waals surface area contributed by atoms with E-state index in [9.17, 15) is 0 Å². The zero-order valence-electron chi connectivity index (χ0n) is 69.7. The molecule has 112 heavy (non-hydrogen) atoms. The van der Waals surface area contributed by atoms with Gasteiger partial charge in [-0.05, 0) is 212 Å². The summed E-state index contributed by atoms with van der Waals surface area (Å²) in [6.45, 7) is 16.5. The summed E-state index contributed by atoms with van der Waals surface area (Å²) in [5, 5.41) is 0. The highest BCUT2D eigenvalue weighted by atomic mass is 32.1. The van der Waals surface area contributed by atoms with Gasteiger partial charge in [0.15, 0.2) is 0 Å². The summed E-state index contributed by atoms with van der Waals surface area (Å²) < 4.78 is 10.7. The van der Waals surface area contributed by atoms with Gasteiger partial charge in [-0.25, -0.2) is 0 Å². The van der Waals surface area contributed by atoms with Gasteiger partial charge in [-0.2, -0.15) is 8.75 Å². The predicted octanol–water partition coefficient (Wildman–Crippen LogP) is 33.9. The molecule has 4 heteroatoms. The highest BCUT2D eigenvalue weighted by Crippen LogP contribution is 2.60. The van der Waals surface area contributed by atoms with E-state index in [1.165, 1.54) is 337 Å². The minimum atomic E-state index is -0.122. The maximum absolute atomic E-state index is 5.36. The minimum absolute atomic E-state index is 0.0322. The van der Waals surface area contributed by atoms with Crippen molar-refractivity contribution >= 4 is 39.8 Å². The first-order valence-corrected chi connectivity index (χ1v) is 46.1. The van der Waals surface area contributed by atoms with Gasteiger partial charge in [-0.3, -0.25) is 0 Å². The van der Waals surface area contributed by atoms with E-state index < -0.39 is 0 Å². The molecule has 0 spiro atoms. The fourth-order valence-corrected chi connectivity index (χ4v) is 21.3. The van der Waals surface area contributed by atoms with Gasteiger partial charge in [0, 0.05) is 44.4 Å². The van der Waals surface area contributed by atoms with Crippen molar-refractivity contribution < 1.29 is 0 Å². The number of nitrogens with zero attached hydrogens (tertiary/aromatic N) is 3. The van der Waals surface area contributed by atoms with Crippen LogP contribution in [0.4, 0.5) is 17.1 Å². The third kappa shape index (κ3) is 17.3. The SMILES string of the molecule is CCCCCCCCC1(CCCCCCCC)c2cc(-c3ccc(N(c4ccccc4)c4ccccc4)cc3)ccc2-c2ccc(-c3ccc(-c4ccc5c(c4)C(CCCCCCCC)(CCCCCCCC)c4cc(-c6ccc7c(c6)C(CCCCCC)(CCCCCC)c6cc(C)ccc6-7)ccc4-5)c4nsnc34)cc21. The Bertz CT molecular complexity index is 4760. The van der Waals surface area contributed by atoms with Crippen LogP contribution in [0.1, 0.15) is 324 Å². The molecule has 1 heterocycles. The van der Waals surface area contributed by atoms with E-state index in [0.717, 1.165) is 40.9 Å². The minimum Gasteiger partial charge on any atom is -0.311 e. The number of hydrogen-bond donors (Lipinski definition) is 0. The average Bonchev–Trinajstić information content (AvgIpc) is 1.56. The summed E-state index contributed by atoms with van der Waals surface area (Å²) in [6.07, 6.45) is 48.4. The number of unbranched alkanes of at least 4 members (excludes halogenated alkanes) is 26. The number of para-hydroxylation sites is 2. The lowest BCUT2D eigenvalue weighted by molar-refractivity contribution is 0.398. The molecule has 584 valence electrons. The first kappa shape index (κ1) is 80.4. The molecule has 3 aliphatic carbocycles. The molecule has 0 amide bonds. The monoisotopic (exact) mass is 1500 g/mol. The number of rotatable bonds is 45. The molecule has 0 radical (unpaired) electrons. The zero-order chi connectivity index (χ0) is 77.1. The Hall–Kier alpha value is -8.18. The molecule has 0 N–H and O–H groups in total. The van der Waals surface area contributed by atoms with E-state index in [2.05, 4.69) is 260 Å². The molecule has 3 aliphatic rings. The van der Waals surface area contributed by atoms with Gasteiger partial charge in [0.2, 0.25) is 0 Å². The molecule has 14 rings (SSSR count). The van der Waals surface area contributed by atoms with Crippen LogP contribution < -0.4 is 4.90 Å². The van der Waals surface area contributed by atoms with Crippen LogP contribution in [0.5, 0.6) is 0 Å². The van der Waals surface area contributed by atoms with Crippen molar-refractivity contribution in [2.24, 2.45) is 0 Å². The number of fused-ring (bicyclic) bond motifs is 10. The molecule has 11 aromatic rings. The van der Waals surface area contributed by atoms with Gasteiger partial charge < -0.3 is 4.90 Å². The molecular weight excluding hydrogens is 1370 g/mol. The van der Waals surface area contributed by atoms with Crippen molar-refractivity contribution in [3.63, 3.8) is 0 Å². The third-order valence-corrected chi connectivity index (χ3v) is 27.4. The second-order valence-corrected chi connectivity index (χ2v) is 35.0. The van der Waals surface area contributed by atoms with Gasteiger partial charge in [0.1, 0.15) is 11.0 Å². The number of benzene rings is 10. The smallest absolute Gasteiger partial charge is 0.113 e. The fourth-order valence-electron chi connectivity index (χ4n) is 20.7. The fraction of sp³-hybridized carbons (Fsp3) is 0.444. The highest BCUT2D eigenvalue weighted by Gasteiger charge is 2.46. The first-order valence-electron chi connectivity index (χ1n) is 45.3. The van der Waals surface area contributed by atoms with Gasteiger partial charge in [-0.15, -0.1) is 0 Å². The number of aryl methyl sites for hydroxylation is 1. The topological polar surface area (TPSA) is 29.0 Å². The summed E-state index contributed by atoms with van der Waals surface area (Å²) in [4.78, 5) is 2.37. The lowest BCUT2D eigenvalue weighted by Crippen LogP contribution is -2.26. The van der Waals surface area contributed by atoms with Crippen LogP contribution in [0.25, 0.3) is 88.9 Å². The van der Waals surface area contributed by atoms with Gasteiger partial charge in [-0.1, -0.05) is 392 Å². The van der Waals surface area contributed by atoms with E-state index >= 15 is 0 Å². The summed E-state index contributed by atoms with van der Waals surface area (Å²) >= 11 is 1.39. The Labute approximate surface area is 680 Å². The molecule has 0 aliphatic heterocycles. The lowest BCUT2D eigenvalue weighted by Gasteiger charge is -2.34. The van der Waals surface area contributed by atoms with E-state index in [-0.39, 0.29) is 16.2 Å². The van der Waals surface area contributed by atoms with Crippen molar-refractivity contribution in [3.05, 3.63) is 245 Å². The molecule has 0 fully saturated rings. The molecule has 0 saturated carbocycles. The van der Waals surface area contributed by atoms with Crippen molar-refractivity contribution in [3.8, 4) is 77.9 Å². The molecule has 0 saturated heterocycles. The van der Waals surface area contributed by atoms with Crippen LogP contribution in [0, 0.1) is 6.92 Å². The van der Waals surface area contributed by atoms with Crippen LogP contribution in [0.2, 0.25) is 0 Å². The number of aromatic nitrogens is 2. The Morgan fingerprint density at radius 2 is 0.473 bits per heavy atom. The van der Waals surface area contributed by atoms with E-state index in [0.29, 0.717) is 0 Å². The maximum atomic E-state index is 5.36. The lowest BCUT2D eigenvalue weighted by atomic mass is 9.69. The standard InChI is InChI=1S/C108H131N3S/c1-8-14-20-26-30-42-70-107(71-43-31-27-21-15-9-2)99-75-82(81-51-58-89(59-52-81)111(87-46-36-34-37-47-87)88-48-38-35-39-49-88)53-61-94(99)96-64-56-85(78-102(96)107)90-66-67-91(105-104(90)109-112-110-105)86-57-65-97-95-63-55-84(77-101(95)108(103(97)79-86,72-44-32-28-22-16-10-3)73-45-33-29-23-17-11-4)83-54-62-93-92-60-50-80(7)74-98(92)106(100(93)76-83,68-40-24-18-12-5)69-41-25-19-13-6/h34-39,46-67,74-79H,8-33,40-45,68-73H2,1-7H3. The van der Waals surface area contributed by atoms with E-state index in [1.54, 1.807) is 22.3 Å². The van der Waals surface area contributed by atoms with Gasteiger partial charge in [0.25, 0.3) is 0 Å². The summed E-state index contributed by atoms with van der Waals surface area (Å²) in [7, 11) is 0. The predicted molar refractivity (Wildman–Crippen MR) is 487 cm³/mol. The molecule has 1 aromatic heterocycles. The second-order valence-electron chi connectivity index (χ2n) is 34.5. The molecule has 0 atom stereocenters. The largest absolute Gasteiger partial charge is 0.311 e. The Morgan fingerprint density at radius 3 is 0.804 bits per heavy atom. The second kappa shape index (κ2) is 38.8. The van der Waals surface area contributed by atoms with Crippen LogP contribution in [0.15, 0.2) is 206 Å². The highest BCUT2D eigenvalue weighted by molar-refractivity contribution is 7.00. The Morgan fingerprint density at radius 1 is 0.232 bits per heavy atom. The van der Waals surface area contributed by atoms with Crippen molar-refractivity contribution in [2.45, 2.75) is 309 Å². The van der Waals surface area contributed by atoms with Crippen LogP contribution in [-0.2, 0) is 16.2 Å². The molecule has 0 unspecified atom stereocenters. The van der Waals surface area contributed by atoms with Crippen molar-refractivity contribution in [1.82, 2.24) is 8.75 Å². The summed E-state index contributed by atoms with van der Waals surface area (Å²) in [5.74, 6) is 0.